The first-order valence-corrected chi connectivity index (χ1v) is 8.37. The van der Waals surface area contributed by atoms with Crippen LogP contribution in [0.2, 0.25) is 0 Å². The van der Waals surface area contributed by atoms with Gasteiger partial charge in [-0.05, 0) is 56.4 Å². The number of aryl methyl sites for hydroxylation is 3. The number of thioether (sulfide) groups is 1. The molecule has 1 heterocycles. The van der Waals surface area contributed by atoms with Crippen molar-refractivity contribution < 1.29 is 4.52 Å². The van der Waals surface area contributed by atoms with Crippen molar-refractivity contribution in [3.63, 3.8) is 0 Å². The lowest BCUT2D eigenvalue weighted by atomic mass is 9.77. The maximum Gasteiger partial charge on any atom is 0.227 e. The van der Waals surface area contributed by atoms with Gasteiger partial charge in [0.25, 0.3) is 0 Å². The number of nitrogens with zero attached hydrogens (tertiary/aromatic N) is 2. The van der Waals surface area contributed by atoms with Crippen LogP contribution in [0.4, 0.5) is 0 Å². The predicted octanol–water partition coefficient (Wildman–Crippen LogP) is 3.36. The number of hydrogen-bond donors (Lipinski definition) is 1. The quantitative estimate of drug-likeness (QED) is 0.858. The highest BCUT2D eigenvalue weighted by atomic mass is 32.2. The fourth-order valence-electron chi connectivity index (χ4n) is 2.40. The molecule has 3 rings (SSSR count). The van der Waals surface area contributed by atoms with Crippen LogP contribution in [-0.4, -0.2) is 15.9 Å². The topological polar surface area (TPSA) is 64.9 Å². The van der Waals surface area contributed by atoms with E-state index >= 15 is 0 Å². The zero-order valence-electron chi connectivity index (χ0n) is 12.6. The van der Waals surface area contributed by atoms with Crippen LogP contribution >= 0.6 is 11.8 Å². The van der Waals surface area contributed by atoms with Crippen LogP contribution in [0.25, 0.3) is 0 Å². The molecule has 2 aromatic rings. The third-order valence-electron chi connectivity index (χ3n) is 4.22. The van der Waals surface area contributed by atoms with Crippen molar-refractivity contribution in [1.82, 2.24) is 10.1 Å². The van der Waals surface area contributed by atoms with Crippen LogP contribution in [0.15, 0.2) is 27.6 Å². The average Bonchev–Trinajstić information content (AvgIpc) is 2.89. The van der Waals surface area contributed by atoms with E-state index in [2.05, 4.69) is 42.2 Å². The second kappa shape index (κ2) is 5.81. The average molecular weight is 303 g/mol. The molecule has 0 spiro atoms. The normalized spacial score (nSPS) is 16.7. The van der Waals surface area contributed by atoms with E-state index in [1.54, 1.807) is 0 Å². The van der Waals surface area contributed by atoms with E-state index in [1.807, 2.05) is 11.8 Å². The highest BCUT2D eigenvalue weighted by molar-refractivity contribution is 7.99. The molecule has 1 aromatic carbocycles. The molecule has 0 radical (unpaired) electrons. The second-order valence-corrected chi connectivity index (χ2v) is 7.03. The number of benzene rings is 1. The summed E-state index contributed by atoms with van der Waals surface area (Å²) in [4.78, 5) is 5.74. The molecule has 1 fully saturated rings. The van der Waals surface area contributed by atoms with Gasteiger partial charge in [-0.25, -0.2) is 0 Å². The van der Waals surface area contributed by atoms with Crippen LogP contribution in [0.1, 0.15) is 42.1 Å². The maximum absolute atomic E-state index is 6.20. The van der Waals surface area contributed by atoms with Gasteiger partial charge in [0.05, 0.1) is 5.54 Å². The molecule has 0 aliphatic heterocycles. The molecule has 0 atom stereocenters. The number of nitrogens with two attached hydrogens (primary N) is 1. The zero-order chi connectivity index (χ0) is 14.9. The van der Waals surface area contributed by atoms with Crippen LogP contribution < -0.4 is 5.73 Å². The summed E-state index contributed by atoms with van der Waals surface area (Å²) in [6.07, 6.45) is 3.86. The van der Waals surface area contributed by atoms with E-state index in [0.29, 0.717) is 11.7 Å². The molecule has 0 bridgehead atoms. The summed E-state index contributed by atoms with van der Waals surface area (Å²) in [5.41, 5.74) is 8.52. The fourth-order valence-corrected chi connectivity index (χ4v) is 3.34. The number of rotatable bonds is 5. The van der Waals surface area contributed by atoms with Crippen molar-refractivity contribution in [1.29, 1.82) is 0 Å². The Morgan fingerprint density at radius 2 is 2.10 bits per heavy atom. The standard InChI is InChI=1S/C16H21N3OS/c1-11-4-5-13(10-12(11)2)21-9-6-14-18-15(19-20-14)16(17)7-3-8-16/h4-5,10H,3,6-9,17H2,1-2H3. The Balaban J connectivity index is 1.54. The fraction of sp³-hybridized carbons (Fsp3) is 0.500. The Labute approximate surface area is 129 Å². The summed E-state index contributed by atoms with van der Waals surface area (Å²) in [5, 5.41) is 4.04. The lowest BCUT2D eigenvalue weighted by Gasteiger charge is -2.34. The maximum atomic E-state index is 6.20. The minimum atomic E-state index is -0.330. The minimum Gasteiger partial charge on any atom is -0.339 e. The van der Waals surface area contributed by atoms with Gasteiger partial charge in [-0.2, -0.15) is 4.98 Å². The van der Waals surface area contributed by atoms with Crippen molar-refractivity contribution >= 4 is 11.8 Å². The van der Waals surface area contributed by atoms with Crippen LogP contribution in [0.5, 0.6) is 0 Å². The molecular weight excluding hydrogens is 282 g/mol. The van der Waals surface area contributed by atoms with Gasteiger partial charge in [0.15, 0.2) is 5.82 Å². The van der Waals surface area contributed by atoms with Crippen LogP contribution in [0.3, 0.4) is 0 Å². The van der Waals surface area contributed by atoms with Gasteiger partial charge in [0.1, 0.15) is 0 Å². The summed E-state index contributed by atoms with van der Waals surface area (Å²) >= 11 is 1.82. The first-order valence-electron chi connectivity index (χ1n) is 7.39. The van der Waals surface area contributed by atoms with E-state index in [1.165, 1.54) is 16.0 Å². The van der Waals surface area contributed by atoms with E-state index in [4.69, 9.17) is 10.3 Å². The Morgan fingerprint density at radius 3 is 2.76 bits per heavy atom. The lowest BCUT2D eigenvalue weighted by Crippen LogP contribution is -2.44. The van der Waals surface area contributed by atoms with Crippen molar-refractivity contribution in [3.8, 4) is 0 Å². The highest BCUT2D eigenvalue weighted by Gasteiger charge is 2.38. The van der Waals surface area contributed by atoms with E-state index in [-0.39, 0.29) is 5.54 Å². The third-order valence-corrected chi connectivity index (χ3v) is 5.22. The Morgan fingerprint density at radius 1 is 1.29 bits per heavy atom. The van der Waals surface area contributed by atoms with Crippen LogP contribution in [0, 0.1) is 13.8 Å². The minimum absolute atomic E-state index is 0.330. The van der Waals surface area contributed by atoms with Gasteiger partial charge in [0.2, 0.25) is 5.89 Å². The first-order chi connectivity index (χ1) is 10.1. The molecular formula is C16H21N3OS. The molecule has 2 N–H and O–H groups in total. The Kier molecular flexibility index (Phi) is 4.04. The summed E-state index contributed by atoms with van der Waals surface area (Å²) in [5.74, 6) is 2.31. The largest absolute Gasteiger partial charge is 0.339 e. The molecule has 21 heavy (non-hydrogen) atoms. The summed E-state index contributed by atoms with van der Waals surface area (Å²) in [6.45, 7) is 4.27. The van der Waals surface area contributed by atoms with Gasteiger partial charge in [-0.3, -0.25) is 0 Å². The molecule has 1 saturated carbocycles. The Hall–Kier alpha value is -1.33. The van der Waals surface area contributed by atoms with Crippen molar-refractivity contribution in [2.24, 2.45) is 5.73 Å². The smallest absolute Gasteiger partial charge is 0.227 e. The molecule has 1 aliphatic rings. The van der Waals surface area contributed by atoms with Gasteiger partial charge in [-0.15, -0.1) is 11.8 Å². The summed E-state index contributed by atoms with van der Waals surface area (Å²) in [7, 11) is 0. The SMILES string of the molecule is Cc1ccc(SCCc2nc(C3(N)CCC3)no2)cc1C. The molecule has 0 amide bonds. The summed E-state index contributed by atoms with van der Waals surface area (Å²) < 4.78 is 5.31. The second-order valence-electron chi connectivity index (χ2n) is 5.87. The molecule has 5 heteroatoms. The molecule has 0 saturated heterocycles. The zero-order valence-corrected chi connectivity index (χ0v) is 13.4. The third kappa shape index (κ3) is 3.14. The molecule has 0 unspecified atom stereocenters. The number of hydrogen-bond acceptors (Lipinski definition) is 5. The van der Waals surface area contributed by atoms with Gasteiger partial charge in [0, 0.05) is 17.1 Å². The van der Waals surface area contributed by atoms with Crippen LogP contribution in [-0.2, 0) is 12.0 Å². The molecule has 4 nitrogen and oxygen atoms in total. The van der Waals surface area contributed by atoms with Crippen molar-refractivity contribution in [2.75, 3.05) is 5.75 Å². The predicted molar refractivity (Wildman–Crippen MR) is 84.4 cm³/mol. The van der Waals surface area contributed by atoms with Gasteiger partial charge in [-0.1, -0.05) is 11.2 Å². The van der Waals surface area contributed by atoms with E-state index in [0.717, 1.165) is 31.4 Å². The van der Waals surface area contributed by atoms with Gasteiger partial charge < -0.3 is 10.3 Å². The van der Waals surface area contributed by atoms with Crippen molar-refractivity contribution in [2.45, 2.75) is 50.0 Å². The van der Waals surface area contributed by atoms with Gasteiger partial charge >= 0.3 is 0 Å². The summed E-state index contributed by atoms with van der Waals surface area (Å²) in [6, 6.07) is 6.55. The van der Waals surface area contributed by atoms with E-state index in [9.17, 15) is 0 Å². The first kappa shape index (κ1) is 14.6. The molecule has 112 valence electrons. The lowest BCUT2D eigenvalue weighted by molar-refractivity contribution is 0.229. The molecule has 1 aromatic heterocycles. The molecule has 1 aliphatic carbocycles. The Bertz CT molecular complexity index is 634. The number of aromatic nitrogens is 2. The highest BCUT2D eigenvalue weighted by Crippen LogP contribution is 2.36. The van der Waals surface area contributed by atoms with E-state index < -0.39 is 0 Å². The van der Waals surface area contributed by atoms with Crippen molar-refractivity contribution in [3.05, 3.63) is 41.0 Å². The monoisotopic (exact) mass is 303 g/mol.